The van der Waals surface area contributed by atoms with Gasteiger partial charge in [0.2, 0.25) is 0 Å². The van der Waals surface area contributed by atoms with Gasteiger partial charge in [0.05, 0.1) is 5.57 Å². The Morgan fingerprint density at radius 1 is 1.21 bits per heavy atom. The summed E-state index contributed by atoms with van der Waals surface area (Å²) in [7, 11) is 0. The third-order valence-corrected chi connectivity index (χ3v) is 2.28. The minimum absolute atomic E-state index is 0.0983. The minimum atomic E-state index is -0.221. The molecule has 0 bridgehead atoms. The standard InChI is InChI=1S/C12H12O2/c1-8-3-5-10(6-4-8)11-7-9(2)14-12(11)13/h3-7,9H,1-2H3/t9-/m0/s1. The number of benzene rings is 1. The fraction of sp³-hybridized carbons (Fsp3) is 0.250. The zero-order valence-corrected chi connectivity index (χ0v) is 8.28. The van der Waals surface area contributed by atoms with Crippen molar-refractivity contribution in [1.29, 1.82) is 0 Å². The Hall–Kier alpha value is -1.57. The summed E-state index contributed by atoms with van der Waals surface area (Å²) in [6.07, 6.45) is 1.76. The van der Waals surface area contributed by atoms with Gasteiger partial charge in [-0.15, -0.1) is 0 Å². The molecule has 0 amide bonds. The summed E-state index contributed by atoms with van der Waals surface area (Å²) < 4.78 is 5.03. The molecule has 14 heavy (non-hydrogen) atoms. The van der Waals surface area contributed by atoms with E-state index in [0.29, 0.717) is 5.57 Å². The van der Waals surface area contributed by atoms with E-state index in [1.807, 2.05) is 44.2 Å². The van der Waals surface area contributed by atoms with Gasteiger partial charge in [0, 0.05) is 0 Å². The van der Waals surface area contributed by atoms with Gasteiger partial charge in [-0.3, -0.25) is 0 Å². The fourth-order valence-corrected chi connectivity index (χ4v) is 1.52. The number of cyclic esters (lactones) is 1. The van der Waals surface area contributed by atoms with Crippen molar-refractivity contribution in [2.75, 3.05) is 0 Å². The molecular weight excluding hydrogens is 176 g/mol. The second-order valence-electron chi connectivity index (χ2n) is 3.56. The van der Waals surface area contributed by atoms with Crippen LogP contribution < -0.4 is 0 Å². The van der Waals surface area contributed by atoms with Crippen molar-refractivity contribution in [2.24, 2.45) is 0 Å². The van der Waals surface area contributed by atoms with Crippen molar-refractivity contribution < 1.29 is 9.53 Å². The molecule has 0 spiro atoms. The number of aryl methyl sites for hydroxylation is 1. The predicted octanol–water partition coefficient (Wildman–Crippen LogP) is 2.32. The highest BCUT2D eigenvalue weighted by atomic mass is 16.5. The van der Waals surface area contributed by atoms with E-state index in [1.54, 1.807) is 0 Å². The SMILES string of the molecule is Cc1ccc(C2=C[C@H](C)OC2=O)cc1. The number of hydrogen-bond donors (Lipinski definition) is 0. The molecule has 2 heteroatoms. The molecule has 1 heterocycles. The average Bonchev–Trinajstić information content (AvgIpc) is 2.47. The molecule has 0 fully saturated rings. The maximum Gasteiger partial charge on any atom is 0.339 e. The Labute approximate surface area is 83.2 Å². The summed E-state index contributed by atoms with van der Waals surface area (Å²) >= 11 is 0. The molecule has 0 unspecified atom stereocenters. The summed E-state index contributed by atoms with van der Waals surface area (Å²) in [6.45, 7) is 3.88. The Balaban J connectivity index is 2.36. The number of carbonyl (C=O) groups is 1. The van der Waals surface area contributed by atoms with Crippen LogP contribution >= 0.6 is 0 Å². The van der Waals surface area contributed by atoms with Gasteiger partial charge >= 0.3 is 5.97 Å². The lowest BCUT2D eigenvalue weighted by atomic mass is 10.0. The van der Waals surface area contributed by atoms with Gasteiger partial charge in [-0.05, 0) is 25.5 Å². The van der Waals surface area contributed by atoms with Crippen LogP contribution in [0.1, 0.15) is 18.1 Å². The molecule has 0 saturated carbocycles. The smallest absolute Gasteiger partial charge is 0.339 e. The van der Waals surface area contributed by atoms with Crippen LogP contribution in [0, 0.1) is 6.92 Å². The fourth-order valence-electron chi connectivity index (χ4n) is 1.52. The van der Waals surface area contributed by atoms with Crippen LogP contribution in [0.25, 0.3) is 5.57 Å². The van der Waals surface area contributed by atoms with E-state index in [2.05, 4.69) is 0 Å². The van der Waals surface area contributed by atoms with Crippen LogP contribution in [0.2, 0.25) is 0 Å². The molecule has 2 rings (SSSR count). The molecule has 1 atom stereocenters. The van der Waals surface area contributed by atoms with E-state index in [9.17, 15) is 4.79 Å². The van der Waals surface area contributed by atoms with E-state index in [0.717, 1.165) is 5.56 Å². The first-order chi connectivity index (χ1) is 6.66. The normalized spacial score (nSPS) is 20.6. The van der Waals surface area contributed by atoms with Crippen LogP contribution in [0.3, 0.4) is 0 Å². The van der Waals surface area contributed by atoms with Crippen molar-refractivity contribution in [2.45, 2.75) is 20.0 Å². The lowest BCUT2D eigenvalue weighted by molar-refractivity contribution is -0.137. The number of esters is 1. The molecule has 0 N–H and O–H groups in total. The van der Waals surface area contributed by atoms with Crippen LogP contribution in [-0.4, -0.2) is 12.1 Å². The van der Waals surface area contributed by atoms with Crippen molar-refractivity contribution in [3.8, 4) is 0 Å². The number of carbonyl (C=O) groups excluding carboxylic acids is 1. The van der Waals surface area contributed by atoms with E-state index in [1.165, 1.54) is 5.56 Å². The maximum absolute atomic E-state index is 11.4. The zero-order valence-electron chi connectivity index (χ0n) is 8.28. The molecule has 72 valence electrons. The molecule has 1 aliphatic heterocycles. The third-order valence-electron chi connectivity index (χ3n) is 2.28. The van der Waals surface area contributed by atoms with Crippen LogP contribution in [0.15, 0.2) is 30.3 Å². The number of hydrogen-bond acceptors (Lipinski definition) is 2. The molecule has 0 aliphatic carbocycles. The Morgan fingerprint density at radius 2 is 1.86 bits per heavy atom. The Kier molecular flexibility index (Phi) is 2.12. The summed E-state index contributed by atoms with van der Waals surface area (Å²) in [4.78, 5) is 11.4. The first-order valence-corrected chi connectivity index (χ1v) is 4.66. The maximum atomic E-state index is 11.4. The highest BCUT2D eigenvalue weighted by Gasteiger charge is 2.22. The molecule has 0 saturated heterocycles. The van der Waals surface area contributed by atoms with Crippen LogP contribution in [0.4, 0.5) is 0 Å². The van der Waals surface area contributed by atoms with Crippen molar-refractivity contribution in [3.05, 3.63) is 41.5 Å². The van der Waals surface area contributed by atoms with E-state index >= 15 is 0 Å². The minimum Gasteiger partial charge on any atom is -0.455 e. The topological polar surface area (TPSA) is 26.3 Å². The van der Waals surface area contributed by atoms with Gasteiger partial charge < -0.3 is 4.74 Å². The van der Waals surface area contributed by atoms with Gasteiger partial charge in [-0.1, -0.05) is 29.8 Å². The third kappa shape index (κ3) is 1.55. The Bertz CT molecular complexity index is 387. The highest BCUT2D eigenvalue weighted by molar-refractivity contribution is 6.18. The van der Waals surface area contributed by atoms with Crippen molar-refractivity contribution in [1.82, 2.24) is 0 Å². The largest absolute Gasteiger partial charge is 0.455 e. The van der Waals surface area contributed by atoms with Crippen LogP contribution in [-0.2, 0) is 9.53 Å². The second-order valence-corrected chi connectivity index (χ2v) is 3.56. The average molecular weight is 188 g/mol. The van der Waals surface area contributed by atoms with Gasteiger partial charge in [0.25, 0.3) is 0 Å². The second kappa shape index (κ2) is 3.29. The number of rotatable bonds is 1. The molecular formula is C12H12O2. The molecule has 1 aromatic carbocycles. The van der Waals surface area contributed by atoms with Crippen molar-refractivity contribution in [3.63, 3.8) is 0 Å². The summed E-state index contributed by atoms with van der Waals surface area (Å²) in [6, 6.07) is 7.87. The first kappa shape index (κ1) is 9.00. The van der Waals surface area contributed by atoms with Gasteiger partial charge in [-0.2, -0.15) is 0 Å². The molecule has 1 aliphatic rings. The predicted molar refractivity (Wildman–Crippen MR) is 54.7 cm³/mol. The Morgan fingerprint density at radius 3 is 2.36 bits per heavy atom. The van der Waals surface area contributed by atoms with Gasteiger partial charge in [-0.25, -0.2) is 4.79 Å². The molecule has 0 aromatic heterocycles. The van der Waals surface area contributed by atoms with E-state index in [-0.39, 0.29) is 12.1 Å². The summed E-state index contributed by atoms with van der Waals surface area (Å²) in [5.41, 5.74) is 2.80. The molecule has 1 aromatic rings. The quantitative estimate of drug-likeness (QED) is 0.632. The molecule has 2 nitrogen and oxygen atoms in total. The van der Waals surface area contributed by atoms with E-state index in [4.69, 9.17) is 4.74 Å². The van der Waals surface area contributed by atoms with Crippen molar-refractivity contribution >= 4 is 11.5 Å². The zero-order chi connectivity index (χ0) is 10.1. The van der Waals surface area contributed by atoms with Gasteiger partial charge in [0.1, 0.15) is 6.10 Å². The summed E-state index contributed by atoms with van der Waals surface area (Å²) in [5, 5.41) is 0. The summed E-state index contributed by atoms with van der Waals surface area (Å²) in [5.74, 6) is -0.221. The van der Waals surface area contributed by atoms with Crippen LogP contribution in [0.5, 0.6) is 0 Å². The highest BCUT2D eigenvalue weighted by Crippen LogP contribution is 2.23. The first-order valence-electron chi connectivity index (χ1n) is 4.66. The lowest BCUT2D eigenvalue weighted by Gasteiger charge is -2.00. The lowest BCUT2D eigenvalue weighted by Crippen LogP contribution is -2.03. The van der Waals surface area contributed by atoms with Gasteiger partial charge in [0.15, 0.2) is 0 Å². The monoisotopic (exact) mass is 188 g/mol. The number of ether oxygens (including phenoxy) is 1. The molecule has 0 radical (unpaired) electrons. The van der Waals surface area contributed by atoms with E-state index < -0.39 is 0 Å².